The number of aromatic nitrogens is 2. The van der Waals surface area contributed by atoms with E-state index < -0.39 is 0 Å². The number of nitrogens with zero attached hydrogens (tertiary/aromatic N) is 2. The molecule has 1 heterocycles. The van der Waals surface area contributed by atoms with Crippen LogP contribution in [0.25, 0.3) is 6.08 Å². The first-order chi connectivity index (χ1) is 5.83. The number of rotatable bonds is 4. The lowest BCUT2D eigenvalue weighted by atomic mass is 10.2. The van der Waals surface area contributed by atoms with E-state index in [9.17, 15) is 0 Å². The summed E-state index contributed by atoms with van der Waals surface area (Å²) in [5.41, 5.74) is 5.42. The van der Waals surface area contributed by atoms with Crippen LogP contribution in [0, 0.1) is 0 Å². The van der Waals surface area contributed by atoms with Crippen molar-refractivity contribution < 1.29 is 0 Å². The first-order valence-electron chi connectivity index (χ1n) is 4.08. The molecule has 0 aromatic carbocycles. The minimum Gasteiger partial charge on any atom is -0.374 e. The Morgan fingerprint density at radius 1 is 1.50 bits per heavy atom. The fraction of sp³-hybridized carbons (Fsp3) is 0.500. The monoisotopic (exact) mass is 183 g/mol. The van der Waals surface area contributed by atoms with Crippen molar-refractivity contribution in [1.29, 1.82) is 0 Å². The van der Waals surface area contributed by atoms with Gasteiger partial charge < -0.3 is 5.73 Å². The zero-order chi connectivity index (χ0) is 8.81. The molecule has 12 heavy (non-hydrogen) atoms. The van der Waals surface area contributed by atoms with Gasteiger partial charge >= 0.3 is 0 Å². The van der Waals surface area contributed by atoms with Gasteiger partial charge in [0.05, 0.1) is 0 Å². The molecule has 4 heteroatoms. The quantitative estimate of drug-likeness (QED) is 0.729. The molecule has 0 fully saturated rings. The lowest BCUT2D eigenvalue weighted by molar-refractivity contribution is 0.816. The molecule has 0 radical (unpaired) electrons. The molecule has 0 aliphatic carbocycles. The highest BCUT2D eigenvalue weighted by Gasteiger charge is 1.93. The molecule has 0 atom stereocenters. The van der Waals surface area contributed by atoms with Crippen LogP contribution in [-0.2, 0) is 0 Å². The van der Waals surface area contributed by atoms with Crippen LogP contribution in [0.3, 0.4) is 0 Å². The van der Waals surface area contributed by atoms with Crippen molar-refractivity contribution in [2.75, 3.05) is 5.73 Å². The van der Waals surface area contributed by atoms with Crippen molar-refractivity contribution in [3.05, 3.63) is 11.1 Å². The maximum absolute atomic E-state index is 5.42. The lowest BCUT2D eigenvalue weighted by Crippen LogP contribution is -1.79. The standard InChI is InChI=1S/C8H13N3S/c1-2-3-4-5-6-7-10-11-8(9)12-7/h5-6H,2-4H2,1H3,(H2,9,11)/b6-5+. The first-order valence-corrected chi connectivity index (χ1v) is 4.90. The van der Waals surface area contributed by atoms with Gasteiger partial charge in [0.25, 0.3) is 0 Å². The highest BCUT2D eigenvalue weighted by atomic mass is 32.1. The van der Waals surface area contributed by atoms with Crippen LogP contribution >= 0.6 is 11.3 Å². The molecule has 1 rings (SSSR count). The SMILES string of the molecule is CCCC/C=C/c1nnc(N)s1. The van der Waals surface area contributed by atoms with E-state index >= 15 is 0 Å². The van der Waals surface area contributed by atoms with Crippen molar-refractivity contribution in [1.82, 2.24) is 10.2 Å². The molecule has 0 aliphatic rings. The van der Waals surface area contributed by atoms with E-state index in [4.69, 9.17) is 5.73 Å². The maximum Gasteiger partial charge on any atom is 0.203 e. The molecular weight excluding hydrogens is 170 g/mol. The lowest BCUT2D eigenvalue weighted by Gasteiger charge is -1.85. The Kier molecular flexibility index (Phi) is 3.73. The van der Waals surface area contributed by atoms with E-state index in [2.05, 4.69) is 23.2 Å². The van der Waals surface area contributed by atoms with Gasteiger partial charge in [-0.15, -0.1) is 10.2 Å². The topological polar surface area (TPSA) is 51.8 Å². The highest BCUT2D eigenvalue weighted by Crippen LogP contribution is 2.12. The number of hydrogen-bond acceptors (Lipinski definition) is 4. The summed E-state index contributed by atoms with van der Waals surface area (Å²) in [6, 6.07) is 0. The van der Waals surface area contributed by atoms with Gasteiger partial charge in [-0.3, -0.25) is 0 Å². The third kappa shape index (κ3) is 3.00. The fourth-order valence-corrected chi connectivity index (χ4v) is 1.36. The zero-order valence-electron chi connectivity index (χ0n) is 7.16. The van der Waals surface area contributed by atoms with Gasteiger partial charge in [0.2, 0.25) is 5.13 Å². The number of hydrogen-bond donors (Lipinski definition) is 1. The van der Waals surface area contributed by atoms with Gasteiger partial charge in [-0.1, -0.05) is 37.2 Å². The Bertz CT molecular complexity index is 255. The van der Waals surface area contributed by atoms with Crippen molar-refractivity contribution in [2.45, 2.75) is 26.2 Å². The number of anilines is 1. The Labute approximate surface area is 76.3 Å². The van der Waals surface area contributed by atoms with Gasteiger partial charge in [-0.05, 0) is 12.5 Å². The Morgan fingerprint density at radius 2 is 2.33 bits per heavy atom. The number of unbranched alkanes of at least 4 members (excludes halogenated alkanes) is 2. The van der Waals surface area contributed by atoms with E-state index in [0.29, 0.717) is 5.13 Å². The summed E-state index contributed by atoms with van der Waals surface area (Å²) < 4.78 is 0. The Morgan fingerprint density at radius 3 is 2.92 bits per heavy atom. The molecule has 1 aromatic rings. The number of nitrogen functional groups attached to an aromatic ring is 1. The molecule has 1 aromatic heterocycles. The van der Waals surface area contributed by atoms with Crippen LogP contribution in [0.2, 0.25) is 0 Å². The summed E-state index contributed by atoms with van der Waals surface area (Å²) in [5, 5.41) is 9.01. The van der Waals surface area contributed by atoms with E-state index in [0.717, 1.165) is 11.4 Å². The second-order valence-corrected chi connectivity index (χ2v) is 3.56. The molecular formula is C8H13N3S. The maximum atomic E-state index is 5.42. The highest BCUT2D eigenvalue weighted by molar-refractivity contribution is 7.15. The summed E-state index contributed by atoms with van der Waals surface area (Å²) in [5.74, 6) is 0. The van der Waals surface area contributed by atoms with Crippen LogP contribution in [0.4, 0.5) is 5.13 Å². The third-order valence-electron chi connectivity index (χ3n) is 1.44. The van der Waals surface area contributed by atoms with E-state index in [-0.39, 0.29) is 0 Å². The minimum atomic E-state index is 0.533. The molecule has 2 N–H and O–H groups in total. The summed E-state index contributed by atoms with van der Waals surface area (Å²) in [4.78, 5) is 0. The van der Waals surface area contributed by atoms with Gasteiger partial charge in [0.1, 0.15) is 5.01 Å². The summed E-state index contributed by atoms with van der Waals surface area (Å²) in [7, 11) is 0. The normalized spacial score (nSPS) is 11.1. The van der Waals surface area contributed by atoms with Crippen molar-refractivity contribution in [3.8, 4) is 0 Å². The van der Waals surface area contributed by atoms with Gasteiger partial charge in [0.15, 0.2) is 0 Å². The largest absolute Gasteiger partial charge is 0.374 e. The smallest absolute Gasteiger partial charge is 0.203 e. The molecule has 0 unspecified atom stereocenters. The predicted molar refractivity (Wildman–Crippen MR) is 52.9 cm³/mol. The Balaban J connectivity index is 2.36. The number of allylic oxidation sites excluding steroid dienone is 1. The first kappa shape index (κ1) is 9.19. The second kappa shape index (κ2) is 4.87. The Hall–Kier alpha value is -0.900. The van der Waals surface area contributed by atoms with Crippen LogP contribution in [0.1, 0.15) is 31.2 Å². The van der Waals surface area contributed by atoms with E-state index in [1.807, 2.05) is 6.08 Å². The average molecular weight is 183 g/mol. The van der Waals surface area contributed by atoms with E-state index in [1.165, 1.54) is 24.2 Å². The average Bonchev–Trinajstić information content (AvgIpc) is 2.45. The zero-order valence-corrected chi connectivity index (χ0v) is 7.97. The van der Waals surface area contributed by atoms with Gasteiger partial charge in [-0.2, -0.15) is 0 Å². The van der Waals surface area contributed by atoms with Crippen LogP contribution in [0.5, 0.6) is 0 Å². The molecule has 66 valence electrons. The molecule has 0 saturated carbocycles. The molecule has 3 nitrogen and oxygen atoms in total. The summed E-state index contributed by atoms with van der Waals surface area (Å²) in [6.07, 6.45) is 7.65. The van der Waals surface area contributed by atoms with Crippen LogP contribution in [-0.4, -0.2) is 10.2 Å². The van der Waals surface area contributed by atoms with Crippen LogP contribution < -0.4 is 5.73 Å². The third-order valence-corrected chi connectivity index (χ3v) is 2.16. The molecule has 0 saturated heterocycles. The fourth-order valence-electron chi connectivity index (χ4n) is 0.820. The summed E-state index contributed by atoms with van der Waals surface area (Å²) >= 11 is 1.41. The minimum absolute atomic E-state index is 0.533. The van der Waals surface area contributed by atoms with Crippen molar-refractivity contribution >= 4 is 22.5 Å². The molecule has 0 bridgehead atoms. The van der Waals surface area contributed by atoms with Crippen molar-refractivity contribution in [2.24, 2.45) is 0 Å². The van der Waals surface area contributed by atoms with Gasteiger partial charge in [0, 0.05) is 0 Å². The number of nitrogens with two attached hydrogens (primary N) is 1. The molecule has 0 spiro atoms. The predicted octanol–water partition coefficient (Wildman–Crippen LogP) is 2.32. The van der Waals surface area contributed by atoms with Gasteiger partial charge in [-0.25, -0.2) is 0 Å². The molecule has 0 amide bonds. The van der Waals surface area contributed by atoms with Crippen molar-refractivity contribution in [3.63, 3.8) is 0 Å². The summed E-state index contributed by atoms with van der Waals surface area (Å²) in [6.45, 7) is 2.18. The van der Waals surface area contributed by atoms with E-state index in [1.54, 1.807) is 0 Å². The molecule has 0 aliphatic heterocycles. The second-order valence-electron chi connectivity index (χ2n) is 2.52. The van der Waals surface area contributed by atoms with Crippen LogP contribution in [0.15, 0.2) is 6.08 Å².